The average molecular weight is 418 g/mol. The second-order valence-corrected chi connectivity index (χ2v) is 7.65. The zero-order valence-electron chi connectivity index (χ0n) is 17.0. The molecule has 2 aromatic rings. The minimum Gasteiger partial charge on any atom is -0.411 e. The quantitative estimate of drug-likeness (QED) is 0.247. The van der Waals surface area contributed by atoms with E-state index in [1.54, 1.807) is 5.56 Å². The minimum absolute atomic E-state index is 0. The maximum absolute atomic E-state index is 11.1. The number of carbonyl (C=O) groups is 1. The highest BCUT2D eigenvalue weighted by Crippen LogP contribution is 2.30. The summed E-state index contributed by atoms with van der Waals surface area (Å²) in [7, 11) is 0. The fraction of sp³-hybridized carbons (Fsp3) is 0.522. The maximum Gasteiger partial charge on any atom is 0.265 e. The number of halogens is 1. The molecule has 1 aliphatic carbocycles. The molecule has 1 amide bonds. The fourth-order valence-electron chi connectivity index (χ4n) is 4.20. The second kappa shape index (κ2) is 12.4. The van der Waals surface area contributed by atoms with E-state index in [4.69, 9.17) is 10.2 Å². The number of nitrogens with zero attached hydrogens (tertiary/aromatic N) is 2. The molecule has 0 atom stereocenters. The second-order valence-electron chi connectivity index (χ2n) is 7.65. The number of benzene rings is 1. The topological polar surface area (TPSA) is 74.6 Å². The molecule has 0 saturated heterocycles. The minimum atomic E-state index is -0.338. The maximum atomic E-state index is 11.1. The largest absolute Gasteiger partial charge is 0.411 e. The summed E-state index contributed by atoms with van der Waals surface area (Å²) in [6, 6.07) is 8.61. The van der Waals surface area contributed by atoms with Crippen LogP contribution in [0.3, 0.4) is 0 Å². The molecule has 158 valence electrons. The van der Waals surface area contributed by atoms with Crippen molar-refractivity contribution in [3.63, 3.8) is 0 Å². The van der Waals surface area contributed by atoms with Gasteiger partial charge in [0, 0.05) is 17.6 Å². The van der Waals surface area contributed by atoms with E-state index in [0.29, 0.717) is 6.54 Å². The molecule has 0 radical (unpaired) electrons. The van der Waals surface area contributed by atoms with Gasteiger partial charge in [-0.05, 0) is 62.1 Å². The van der Waals surface area contributed by atoms with Crippen molar-refractivity contribution in [1.82, 2.24) is 10.3 Å². The fourth-order valence-corrected chi connectivity index (χ4v) is 4.20. The van der Waals surface area contributed by atoms with Crippen LogP contribution in [0.25, 0.3) is 10.9 Å². The Morgan fingerprint density at radius 2 is 1.79 bits per heavy atom. The van der Waals surface area contributed by atoms with Crippen LogP contribution in [0.15, 0.2) is 29.4 Å². The van der Waals surface area contributed by atoms with Crippen molar-refractivity contribution < 1.29 is 10.0 Å². The van der Waals surface area contributed by atoms with Crippen LogP contribution >= 0.6 is 12.4 Å². The predicted octanol–water partition coefficient (Wildman–Crippen LogP) is 4.99. The lowest BCUT2D eigenvalue weighted by atomic mass is 9.87. The molecule has 0 unspecified atom stereocenters. The molecule has 0 saturated carbocycles. The summed E-state index contributed by atoms with van der Waals surface area (Å²) in [6.45, 7) is 0.639. The number of carbonyl (C=O) groups excluding carboxylic acids is 1. The predicted molar refractivity (Wildman–Crippen MR) is 120 cm³/mol. The number of aryl methyl sites for hydroxylation is 2. The third-order valence-electron chi connectivity index (χ3n) is 5.62. The zero-order valence-corrected chi connectivity index (χ0v) is 17.8. The lowest BCUT2D eigenvalue weighted by Crippen LogP contribution is -2.25. The smallest absolute Gasteiger partial charge is 0.265 e. The third-order valence-corrected chi connectivity index (χ3v) is 5.62. The van der Waals surface area contributed by atoms with Gasteiger partial charge in [-0.25, -0.2) is 0 Å². The average Bonchev–Trinajstić information content (AvgIpc) is 2.72. The van der Waals surface area contributed by atoms with Gasteiger partial charge < -0.3 is 10.5 Å². The van der Waals surface area contributed by atoms with Crippen molar-refractivity contribution in [3.8, 4) is 0 Å². The van der Waals surface area contributed by atoms with Crippen LogP contribution in [0.2, 0.25) is 0 Å². The van der Waals surface area contributed by atoms with E-state index in [-0.39, 0.29) is 18.3 Å². The van der Waals surface area contributed by atoms with E-state index >= 15 is 0 Å². The summed E-state index contributed by atoms with van der Waals surface area (Å²) >= 11 is 0. The van der Waals surface area contributed by atoms with Gasteiger partial charge in [-0.1, -0.05) is 49.0 Å². The van der Waals surface area contributed by atoms with Crippen LogP contribution in [-0.2, 0) is 24.1 Å². The Morgan fingerprint density at radius 1 is 1.07 bits per heavy atom. The molecule has 0 bridgehead atoms. The van der Waals surface area contributed by atoms with E-state index in [2.05, 4.69) is 34.7 Å². The molecule has 0 aliphatic heterocycles. The molecule has 0 fully saturated rings. The molecule has 6 heteroatoms. The molecule has 1 heterocycles. The van der Waals surface area contributed by atoms with Crippen LogP contribution in [0, 0.1) is 0 Å². The number of rotatable bonds is 10. The Labute approximate surface area is 179 Å². The van der Waals surface area contributed by atoms with Crippen molar-refractivity contribution in [3.05, 3.63) is 41.1 Å². The number of aromatic nitrogens is 1. The summed E-state index contributed by atoms with van der Waals surface area (Å²) in [6.07, 6.45) is 13.9. The first kappa shape index (κ1) is 23.1. The number of nitrogens with one attached hydrogen (secondary N) is 1. The van der Waals surface area contributed by atoms with E-state index < -0.39 is 0 Å². The molecule has 5 nitrogen and oxygen atoms in total. The number of unbranched alkanes of at least 4 members (excludes halogenated alkanes) is 5. The Kier molecular flexibility index (Phi) is 9.92. The SMILES string of the molecule is Cl.O=C(/C=N/O)NCCCCCCCCc1c2c(nc3ccccc13)CCCC2. The first-order chi connectivity index (χ1) is 13.8. The summed E-state index contributed by atoms with van der Waals surface area (Å²) in [4.78, 5) is 16.1. The van der Waals surface area contributed by atoms with Crippen molar-refractivity contribution in [2.24, 2.45) is 5.16 Å². The van der Waals surface area contributed by atoms with E-state index in [1.165, 1.54) is 61.6 Å². The number of oxime groups is 1. The highest BCUT2D eigenvalue weighted by Gasteiger charge is 2.17. The van der Waals surface area contributed by atoms with Gasteiger partial charge in [0.1, 0.15) is 6.21 Å². The Bertz CT molecular complexity index is 823. The number of fused-ring (bicyclic) bond motifs is 2. The van der Waals surface area contributed by atoms with Crippen molar-refractivity contribution in [1.29, 1.82) is 0 Å². The summed E-state index contributed by atoms with van der Waals surface area (Å²) < 4.78 is 0. The van der Waals surface area contributed by atoms with Gasteiger partial charge in [0.2, 0.25) is 0 Å². The standard InChI is InChI=1S/C23H31N3O2.ClH/c27-23(17-25-28)24-16-10-4-2-1-3-5-11-18-19-12-6-8-14-21(19)26-22-15-9-7-13-20(18)22;/h6,8,12,14,17,28H,1-5,7,9-11,13,15-16H2,(H,24,27);1H/b25-17+;. The van der Waals surface area contributed by atoms with Gasteiger partial charge in [0.05, 0.1) is 5.52 Å². The highest BCUT2D eigenvalue weighted by molar-refractivity contribution is 6.25. The van der Waals surface area contributed by atoms with Crippen molar-refractivity contribution in [2.75, 3.05) is 6.54 Å². The van der Waals surface area contributed by atoms with Crippen molar-refractivity contribution >= 4 is 35.4 Å². The molecule has 1 aromatic heterocycles. The Balaban J connectivity index is 0.00000300. The van der Waals surface area contributed by atoms with Gasteiger partial charge in [-0.15, -0.1) is 12.4 Å². The Hall–Kier alpha value is -2.14. The molecule has 29 heavy (non-hydrogen) atoms. The van der Waals surface area contributed by atoms with Crippen molar-refractivity contribution in [2.45, 2.75) is 70.6 Å². The Morgan fingerprint density at radius 3 is 2.62 bits per heavy atom. The van der Waals surface area contributed by atoms with Gasteiger partial charge in [-0.3, -0.25) is 9.78 Å². The van der Waals surface area contributed by atoms with Crippen LogP contribution in [0.4, 0.5) is 0 Å². The van der Waals surface area contributed by atoms with Gasteiger partial charge >= 0.3 is 0 Å². The van der Waals surface area contributed by atoms with Gasteiger partial charge in [-0.2, -0.15) is 0 Å². The third kappa shape index (κ3) is 6.70. The molecule has 3 rings (SSSR count). The van der Waals surface area contributed by atoms with Gasteiger partial charge in [0.15, 0.2) is 0 Å². The molecule has 0 spiro atoms. The normalized spacial score (nSPS) is 13.2. The monoisotopic (exact) mass is 417 g/mol. The number of hydrogen-bond acceptors (Lipinski definition) is 4. The summed E-state index contributed by atoms with van der Waals surface area (Å²) in [5, 5.41) is 15.0. The van der Waals surface area contributed by atoms with Crippen LogP contribution < -0.4 is 5.32 Å². The summed E-state index contributed by atoms with van der Waals surface area (Å²) in [5.74, 6) is -0.338. The number of para-hydroxylation sites is 1. The lowest BCUT2D eigenvalue weighted by Gasteiger charge is -2.21. The molecular formula is C23H32ClN3O2. The lowest BCUT2D eigenvalue weighted by molar-refractivity contribution is -0.114. The number of pyridine rings is 1. The van der Waals surface area contributed by atoms with Gasteiger partial charge in [0.25, 0.3) is 5.91 Å². The van der Waals surface area contributed by atoms with E-state index in [0.717, 1.165) is 37.4 Å². The van der Waals surface area contributed by atoms with Crippen LogP contribution in [0.5, 0.6) is 0 Å². The van der Waals surface area contributed by atoms with E-state index in [9.17, 15) is 4.79 Å². The molecule has 1 aliphatic rings. The van der Waals surface area contributed by atoms with Crippen LogP contribution in [-0.4, -0.2) is 28.9 Å². The molecule has 1 aromatic carbocycles. The van der Waals surface area contributed by atoms with Crippen LogP contribution in [0.1, 0.15) is 68.2 Å². The molecular weight excluding hydrogens is 386 g/mol. The van der Waals surface area contributed by atoms with E-state index in [1.807, 2.05) is 0 Å². The first-order valence-electron chi connectivity index (χ1n) is 10.6. The summed E-state index contributed by atoms with van der Waals surface area (Å²) in [5.41, 5.74) is 5.58. The first-order valence-corrected chi connectivity index (χ1v) is 10.6. The number of amides is 1. The highest BCUT2D eigenvalue weighted by atomic mass is 35.5. The molecule has 2 N–H and O–H groups in total. The zero-order chi connectivity index (χ0) is 19.6. The number of hydrogen-bond donors (Lipinski definition) is 2.